The van der Waals surface area contributed by atoms with E-state index in [1.165, 1.54) is 31.7 Å². The van der Waals surface area contributed by atoms with Crippen LogP contribution in [0, 0.1) is 0 Å². The van der Waals surface area contributed by atoms with E-state index in [-0.39, 0.29) is 0 Å². The van der Waals surface area contributed by atoms with Crippen molar-refractivity contribution < 1.29 is 0 Å². The zero-order valence-corrected chi connectivity index (χ0v) is 30.6. The maximum atomic E-state index is 5.41. The monoisotopic (exact) mass is 719 g/mol. The van der Waals surface area contributed by atoms with E-state index in [9.17, 15) is 0 Å². The van der Waals surface area contributed by atoms with E-state index in [0.29, 0.717) is 5.82 Å². The largest absolute Gasteiger partial charge is 0.247 e. The minimum absolute atomic E-state index is 0.710. The average molecular weight is 720 g/mol. The summed E-state index contributed by atoms with van der Waals surface area (Å²) >= 11 is 1.85. The van der Waals surface area contributed by atoms with Crippen LogP contribution in [0.4, 0.5) is 0 Å². The minimum Gasteiger partial charge on any atom is -0.247 e. The molecule has 0 saturated carbocycles. The lowest BCUT2D eigenvalue weighted by Gasteiger charge is -2.12. The van der Waals surface area contributed by atoms with Gasteiger partial charge >= 0.3 is 0 Å². The average Bonchev–Trinajstić information content (AvgIpc) is 3.69. The number of pyridine rings is 1. The van der Waals surface area contributed by atoms with E-state index in [4.69, 9.17) is 15.0 Å². The Labute approximate surface area is 323 Å². The van der Waals surface area contributed by atoms with E-state index >= 15 is 0 Å². The third kappa shape index (κ3) is 6.19. The number of hydrogen-bond donors (Lipinski definition) is 0. The molecule has 3 heterocycles. The smallest absolute Gasteiger partial charge is 0.160 e. The molecule has 0 bridgehead atoms. The fourth-order valence-corrected chi connectivity index (χ4v) is 8.72. The molecular formula is C51H33N3S. The highest BCUT2D eigenvalue weighted by Crippen LogP contribution is 2.50. The highest BCUT2D eigenvalue weighted by Gasteiger charge is 2.22. The van der Waals surface area contributed by atoms with Crippen LogP contribution in [-0.2, 0) is 0 Å². The summed E-state index contributed by atoms with van der Waals surface area (Å²) in [6.07, 6.45) is 0. The molecule has 7 aromatic carbocycles. The van der Waals surface area contributed by atoms with Gasteiger partial charge in [0.05, 0.1) is 22.6 Å². The fraction of sp³-hybridized carbons (Fsp3) is 0. The van der Waals surface area contributed by atoms with E-state index in [1.54, 1.807) is 0 Å². The molecule has 0 N–H and O–H groups in total. The number of rotatable bonds is 7. The number of aromatic nitrogens is 3. The van der Waals surface area contributed by atoms with Crippen LogP contribution in [0.3, 0.4) is 0 Å². The lowest BCUT2D eigenvalue weighted by molar-refractivity contribution is 1.18. The standard InChI is InChI=1S/C51H33N3S/c1-6-16-35(17-7-1)44-33-45(54-51(53-44)40-24-14-5-15-25-40)36-28-26-34(27-29-36)41-30-31-43-42(32-41)46-47(48(52-43)37-18-8-2-9-19-37)50(39-22-12-4-13-23-39)55-49(46)38-20-10-3-11-21-38/h1-33H. The molecule has 0 spiro atoms. The number of thiophene rings is 1. The second kappa shape index (κ2) is 14.1. The van der Waals surface area contributed by atoms with Crippen LogP contribution < -0.4 is 0 Å². The van der Waals surface area contributed by atoms with Crippen molar-refractivity contribution in [1.29, 1.82) is 0 Å². The molecule has 0 atom stereocenters. The Morgan fingerprint density at radius 1 is 0.309 bits per heavy atom. The lowest BCUT2D eigenvalue weighted by Crippen LogP contribution is -1.95. The zero-order valence-electron chi connectivity index (χ0n) is 29.8. The van der Waals surface area contributed by atoms with Crippen LogP contribution in [0.15, 0.2) is 200 Å². The molecule has 3 aromatic heterocycles. The number of fused-ring (bicyclic) bond motifs is 3. The Morgan fingerprint density at radius 2 is 0.745 bits per heavy atom. The quantitative estimate of drug-likeness (QED) is 0.165. The van der Waals surface area contributed by atoms with Crippen LogP contribution in [-0.4, -0.2) is 15.0 Å². The van der Waals surface area contributed by atoms with Crippen LogP contribution in [0.25, 0.3) is 98.8 Å². The van der Waals surface area contributed by atoms with Crippen molar-refractivity contribution in [1.82, 2.24) is 15.0 Å². The normalized spacial score (nSPS) is 11.3. The van der Waals surface area contributed by atoms with Gasteiger partial charge in [-0.1, -0.05) is 182 Å². The van der Waals surface area contributed by atoms with Gasteiger partial charge in [-0.2, -0.15) is 0 Å². The molecule has 258 valence electrons. The molecule has 0 saturated heterocycles. The highest BCUT2D eigenvalue weighted by atomic mass is 32.1. The molecule has 55 heavy (non-hydrogen) atoms. The molecule has 0 aliphatic rings. The van der Waals surface area contributed by atoms with Gasteiger partial charge in [-0.25, -0.2) is 15.0 Å². The highest BCUT2D eigenvalue weighted by molar-refractivity contribution is 7.21. The summed E-state index contributed by atoms with van der Waals surface area (Å²) in [5.41, 5.74) is 12.6. The summed E-state index contributed by atoms with van der Waals surface area (Å²) in [5.74, 6) is 0.710. The van der Waals surface area contributed by atoms with Gasteiger partial charge in [-0.3, -0.25) is 0 Å². The van der Waals surface area contributed by atoms with Gasteiger partial charge in [-0.15, -0.1) is 11.3 Å². The SMILES string of the molecule is c1ccc(-c2cc(-c3ccc(-c4ccc5nc(-c6ccccc6)c6c(-c7ccccc7)sc(-c7ccccc7)c6c5c4)cc3)nc(-c3ccccc3)n2)cc1. The lowest BCUT2D eigenvalue weighted by atomic mass is 9.94. The van der Waals surface area contributed by atoms with Gasteiger partial charge < -0.3 is 0 Å². The molecule has 4 heteroatoms. The van der Waals surface area contributed by atoms with Gasteiger partial charge in [0.15, 0.2) is 5.82 Å². The predicted molar refractivity (Wildman–Crippen MR) is 231 cm³/mol. The topological polar surface area (TPSA) is 38.7 Å². The minimum atomic E-state index is 0.710. The maximum Gasteiger partial charge on any atom is 0.160 e. The summed E-state index contributed by atoms with van der Waals surface area (Å²) in [5, 5.41) is 3.57. The van der Waals surface area contributed by atoms with Crippen molar-refractivity contribution in [3.63, 3.8) is 0 Å². The summed E-state index contributed by atoms with van der Waals surface area (Å²) in [6.45, 7) is 0. The number of nitrogens with zero attached hydrogens (tertiary/aromatic N) is 3. The van der Waals surface area contributed by atoms with Gasteiger partial charge in [-0.05, 0) is 40.5 Å². The molecule has 10 rings (SSSR count). The van der Waals surface area contributed by atoms with Crippen molar-refractivity contribution in [2.75, 3.05) is 0 Å². The molecule has 0 aliphatic heterocycles. The van der Waals surface area contributed by atoms with Crippen LogP contribution in [0.2, 0.25) is 0 Å². The van der Waals surface area contributed by atoms with Crippen molar-refractivity contribution in [3.8, 4) is 77.2 Å². The summed E-state index contributed by atoms with van der Waals surface area (Å²) in [6, 6.07) is 70.1. The first kappa shape index (κ1) is 32.6. The Bertz CT molecular complexity index is 2870. The third-order valence-electron chi connectivity index (χ3n) is 10.1. The van der Waals surface area contributed by atoms with Crippen LogP contribution >= 0.6 is 11.3 Å². The first-order chi connectivity index (χ1) is 27.3. The van der Waals surface area contributed by atoms with Crippen molar-refractivity contribution in [2.45, 2.75) is 0 Å². The molecular weight excluding hydrogens is 687 g/mol. The Kier molecular flexibility index (Phi) is 8.36. The molecule has 10 aromatic rings. The van der Waals surface area contributed by atoms with Crippen LogP contribution in [0.1, 0.15) is 0 Å². The third-order valence-corrected chi connectivity index (χ3v) is 11.4. The molecule has 0 fully saturated rings. The molecule has 0 unspecified atom stereocenters. The van der Waals surface area contributed by atoms with Gasteiger partial charge in [0, 0.05) is 48.2 Å². The summed E-state index contributed by atoms with van der Waals surface area (Å²) in [7, 11) is 0. The Morgan fingerprint density at radius 3 is 1.31 bits per heavy atom. The second-order valence-electron chi connectivity index (χ2n) is 13.6. The van der Waals surface area contributed by atoms with E-state index in [0.717, 1.165) is 61.4 Å². The van der Waals surface area contributed by atoms with Gasteiger partial charge in [0.1, 0.15) is 0 Å². The fourth-order valence-electron chi connectivity index (χ4n) is 7.40. The molecule has 0 radical (unpaired) electrons. The summed E-state index contributed by atoms with van der Waals surface area (Å²) in [4.78, 5) is 17.9. The number of hydrogen-bond acceptors (Lipinski definition) is 4. The van der Waals surface area contributed by atoms with Crippen molar-refractivity contribution in [3.05, 3.63) is 200 Å². The van der Waals surface area contributed by atoms with Gasteiger partial charge in [0.25, 0.3) is 0 Å². The predicted octanol–water partition coefficient (Wildman–Crippen LogP) is 13.9. The Balaban J connectivity index is 1.14. The van der Waals surface area contributed by atoms with Crippen LogP contribution in [0.5, 0.6) is 0 Å². The van der Waals surface area contributed by atoms with Crippen molar-refractivity contribution in [2.24, 2.45) is 0 Å². The van der Waals surface area contributed by atoms with Gasteiger partial charge in [0.2, 0.25) is 0 Å². The molecule has 3 nitrogen and oxygen atoms in total. The second-order valence-corrected chi connectivity index (χ2v) is 14.6. The van der Waals surface area contributed by atoms with E-state index in [1.807, 2.05) is 47.7 Å². The molecule has 0 amide bonds. The van der Waals surface area contributed by atoms with E-state index in [2.05, 4.69) is 164 Å². The number of benzene rings is 7. The maximum absolute atomic E-state index is 5.41. The van der Waals surface area contributed by atoms with Crippen molar-refractivity contribution >= 4 is 33.0 Å². The van der Waals surface area contributed by atoms with E-state index < -0.39 is 0 Å². The summed E-state index contributed by atoms with van der Waals surface area (Å²) < 4.78 is 0. The first-order valence-electron chi connectivity index (χ1n) is 18.4. The zero-order chi connectivity index (χ0) is 36.6. The Hall–Kier alpha value is -7.01. The molecule has 0 aliphatic carbocycles. The first-order valence-corrected chi connectivity index (χ1v) is 19.3.